The van der Waals surface area contributed by atoms with Gasteiger partial charge in [-0.15, -0.1) is 0 Å². The molecule has 2 heterocycles. The number of cyclic esters (lactones) is 2. The molecule has 6 atom stereocenters. The number of rotatable bonds is 1. The van der Waals surface area contributed by atoms with Crippen LogP contribution in [0, 0.1) is 17.8 Å². The average molecular weight is 266 g/mol. The van der Waals surface area contributed by atoms with E-state index in [4.69, 9.17) is 14.2 Å². The zero-order chi connectivity index (χ0) is 13.4. The highest BCUT2D eigenvalue weighted by Gasteiger charge is 2.77. The van der Waals surface area contributed by atoms with Gasteiger partial charge in [-0.1, -0.05) is 6.42 Å². The summed E-state index contributed by atoms with van der Waals surface area (Å²) in [4.78, 5) is 35.0. The summed E-state index contributed by atoms with van der Waals surface area (Å²) < 4.78 is 15.8. The van der Waals surface area contributed by atoms with Gasteiger partial charge in [0.2, 0.25) is 0 Å². The molecule has 19 heavy (non-hydrogen) atoms. The lowest BCUT2D eigenvalue weighted by molar-refractivity contribution is -0.158. The highest BCUT2D eigenvalue weighted by molar-refractivity contribution is 5.97. The predicted molar refractivity (Wildman–Crippen MR) is 58.6 cm³/mol. The van der Waals surface area contributed by atoms with Crippen LogP contribution in [-0.2, 0) is 28.6 Å². The molecule has 0 aromatic heterocycles. The molecule has 4 aliphatic rings. The van der Waals surface area contributed by atoms with Gasteiger partial charge in [0.15, 0.2) is 0 Å². The molecule has 3 unspecified atom stereocenters. The molecule has 6 nitrogen and oxygen atoms in total. The van der Waals surface area contributed by atoms with Crippen molar-refractivity contribution in [2.45, 2.75) is 44.0 Å². The Hall–Kier alpha value is -1.43. The van der Waals surface area contributed by atoms with E-state index in [9.17, 15) is 14.4 Å². The molecule has 0 radical (unpaired) electrons. The number of hydrogen-bond donors (Lipinski definition) is 0. The molecule has 0 aromatic carbocycles. The Morgan fingerprint density at radius 3 is 2.79 bits per heavy atom. The maximum absolute atomic E-state index is 11.9. The van der Waals surface area contributed by atoms with Gasteiger partial charge in [0, 0.05) is 12.8 Å². The number of esters is 3. The van der Waals surface area contributed by atoms with Crippen molar-refractivity contribution in [3.63, 3.8) is 0 Å². The Kier molecular flexibility index (Phi) is 2.02. The summed E-state index contributed by atoms with van der Waals surface area (Å²) in [6.07, 6.45) is 1.79. The minimum absolute atomic E-state index is 0.0354. The third kappa shape index (κ3) is 1.27. The molecule has 0 amide bonds. The molecule has 2 aliphatic heterocycles. The van der Waals surface area contributed by atoms with Crippen LogP contribution in [0.2, 0.25) is 0 Å². The van der Waals surface area contributed by atoms with Crippen LogP contribution in [0.25, 0.3) is 0 Å². The van der Waals surface area contributed by atoms with Crippen LogP contribution in [0.15, 0.2) is 0 Å². The van der Waals surface area contributed by atoms with Crippen LogP contribution in [0.1, 0.15) is 26.2 Å². The van der Waals surface area contributed by atoms with E-state index in [0.29, 0.717) is 0 Å². The van der Waals surface area contributed by atoms with Crippen molar-refractivity contribution < 1.29 is 28.6 Å². The first-order valence-corrected chi connectivity index (χ1v) is 6.65. The second-order valence-corrected chi connectivity index (χ2v) is 5.86. The van der Waals surface area contributed by atoms with Crippen molar-refractivity contribution in [3.05, 3.63) is 0 Å². The molecule has 0 aromatic rings. The quantitative estimate of drug-likeness (QED) is 0.382. The van der Waals surface area contributed by atoms with E-state index in [1.165, 1.54) is 6.92 Å². The second-order valence-electron chi connectivity index (χ2n) is 5.86. The zero-order valence-corrected chi connectivity index (χ0v) is 10.5. The third-order valence-electron chi connectivity index (χ3n) is 5.00. The van der Waals surface area contributed by atoms with E-state index in [-0.39, 0.29) is 17.6 Å². The molecular weight excluding hydrogens is 252 g/mol. The third-order valence-corrected chi connectivity index (χ3v) is 5.00. The van der Waals surface area contributed by atoms with Crippen LogP contribution in [0.3, 0.4) is 0 Å². The first kappa shape index (κ1) is 11.4. The molecule has 0 N–H and O–H groups in total. The summed E-state index contributed by atoms with van der Waals surface area (Å²) in [6.45, 7) is 1.30. The Balaban J connectivity index is 1.75. The number of fused-ring (bicyclic) bond motifs is 2. The first-order valence-electron chi connectivity index (χ1n) is 6.65. The van der Waals surface area contributed by atoms with E-state index in [1.54, 1.807) is 0 Å². The number of hydrogen-bond acceptors (Lipinski definition) is 6. The summed E-state index contributed by atoms with van der Waals surface area (Å²) in [5, 5.41) is 0. The van der Waals surface area contributed by atoms with Crippen LogP contribution >= 0.6 is 0 Å². The topological polar surface area (TPSA) is 82.2 Å². The van der Waals surface area contributed by atoms with Crippen LogP contribution in [0.4, 0.5) is 0 Å². The Morgan fingerprint density at radius 2 is 2.05 bits per heavy atom. The van der Waals surface area contributed by atoms with Gasteiger partial charge in [-0.3, -0.25) is 14.4 Å². The van der Waals surface area contributed by atoms with Crippen molar-refractivity contribution in [3.8, 4) is 0 Å². The minimum Gasteiger partial charge on any atom is -0.459 e. The van der Waals surface area contributed by atoms with Crippen LogP contribution < -0.4 is 0 Å². The van der Waals surface area contributed by atoms with Gasteiger partial charge in [-0.05, 0) is 12.8 Å². The molecule has 1 spiro atoms. The van der Waals surface area contributed by atoms with Gasteiger partial charge in [0.1, 0.15) is 23.7 Å². The average Bonchev–Trinajstić information content (AvgIpc) is 2.77. The first-order chi connectivity index (χ1) is 9.04. The number of epoxide rings is 1. The summed E-state index contributed by atoms with van der Waals surface area (Å²) in [5.74, 6) is -2.66. The molecule has 2 saturated carbocycles. The van der Waals surface area contributed by atoms with Gasteiger partial charge >= 0.3 is 17.9 Å². The molecule has 4 rings (SSSR count). The lowest BCUT2D eigenvalue weighted by Gasteiger charge is -2.33. The Bertz CT molecular complexity index is 499. The molecule has 0 bridgehead atoms. The summed E-state index contributed by atoms with van der Waals surface area (Å²) in [6, 6.07) is 0. The van der Waals surface area contributed by atoms with Crippen LogP contribution in [-0.4, -0.2) is 35.7 Å². The number of carbonyl (C=O) groups excluding carboxylic acids is 3. The van der Waals surface area contributed by atoms with Gasteiger partial charge in [-0.25, -0.2) is 0 Å². The van der Waals surface area contributed by atoms with Crippen molar-refractivity contribution in [1.29, 1.82) is 0 Å². The van der Waals surface area contributed by atoms with Gasteiger partial charge in [0.25, 0.3) is 0 Å². The van der Waals surface area contributed by atoms with Crippen molar-refractivity contribution in [1.82, 2.24) is 0 Å². The van der Waals surface area contributed by atoms with Gasteiger partial charge in [0.05, 0.1) is 5.92 Å². The Morgan fingerprint density at radius 1 is 1.32 bits per heavy atom. The van der Waals surface area contributed by atoms with E-state index < -0.39 is 35.8 Å². The Labute approximate surface area is 109 Å². The maximum atomic E-state index is 11.9. The number of carbonyl (C=O) groups is 3. The summed E-state index contributed by atoms with van der Waals surface area (Å²) in [5.41, 5.74) is -0.356. The van der Waals surface area contributed by atoms with E-state index in [1.807, 2.05) is 0 Å². The van der Waals surface area contributed by atoms with Crippen molar-refractivity contribution in [2.24, 2.45) is 17.8 Å². The largest absolute Gasteiger partial charge is 0.459 e. The zero-order valence-electron chi connectivity index (χ0n) is 10.5. The van der Waals surface area contributed by atoms with Crippen molar-refractivity contribution in [2.75, 3.05) is 0 Å². The molecule has 2 aliphatic carbocycles. The molecule has 6 heteroatoms. The number of ether oxygens (including phenoxy) is 3. The molecule has 102 valence electrons. The fraction of sp³-hybridized carbons (Fsp3) is 0.769. The smallest absolute Gasteiger partial charge is 0.321 e. The van der Waals surface area contributed by atoms with Gasteiger partial charge in [-0.2, -0.15) is 0 Å². The highest BCUT2D eigenvalue weighted by Crippen LogP contribution is 2.64. The predicted octanol–water partition coefficient (Wildman–Crippen LogP) is 0.185. The molecule has 4 fully saturated rings. The van der Waals surface area contributed by atoms with E-state index in [0.717, 1.165) is 19.3 Å². The van der Waals surface area contributed by atoms with Crippen LogP contribution in [0.5, 0.6) is 0 Å². The monoisotopic (exact) mass is 266 g/mol. The normalized spacial score (nSPS) is 50.1. The van der Waals surface area contributed by atoms with E-state index >= 15 is 0 Å². The SMILES string of the molecule is CC(=O)O[C@@H]1C2C(=O)OC(=O)C2C2CCC[C@]23O[C@H]13. The standard InChI is InChI=1S/C13H14O6/c1-5(14)17-9-8-7(11(15)18-12(8)16)6-3-2-4-13(6)10(9)19-13/h6-10H,2-4H2,1H3/t6?,7?,8?,9-,10-,13+/m1/s1. The van der Waals surface area contributed by atoms with E-state index in [2.05, 4.69) is 0 Å². The lowest BCUT2D eigenvalue weighted by atomic mass is 9.67. The minimum atomic E-state index is -0.680. The fourth-order valence-corrected chi connectivity index (χ4v) is 4.36. The summed E-state index contributed by atoms with van der Waals surface area (Å²) in [7, 11) is 0. The maximum Gasteiger partial charge on any atom is 0.321 e. The fourth-order valence-electron chi connectivity index (χ4n) is 4.36. The summed E-state index contributed by atoms with van der Waals surface area (Å²) >= 11 is 0. The van der Waals surface area contributed by atoms with Gasteiger partial charge < -0.3 is 14.2 Å². The molecule has 2 saturated heterocycles. The highest BCUT2D eigenvalue weighted by atomic mass is 16.7. The van der Waals surface area contributed by atoms with Crippen molar-refractivity contribution >= 4 is 17.9 Å². The lowest BCUT2D eigenvalue weighted by Crippen LogP contribution is -2.50. The second kappa shape index (κ2) is 3.36. The molecular formula is C13H14O6.